The van der Waals surface area contributed by atoms with E-state index in [0.29, 0.717) is 0 Å². The normalized spacial score (nSPS) is 12.1. The number of hydrogen-bond donors (Lipinski definition) is 0. The molecule has 0 radical (unpaired) electrons. The van der Waals surface area contributed by atoms with Crippen molar-refractivity contribution in [1.29, 1.82) is 0 Å². The molecule has 0 heterocycles. The van der Waals surface area contributed by atoms with E-state index >= 15 is 0 Å². The minimum Gasteiger partial charge on any atom is -0.0613 e. The molecule has 0 amide bonds. The van der Waals surface area contributed by atoms with Crippen LogP contribution in [0.1, 0.15) is 27.8 Å². The molecule has 0 spiro atoms. The molecule has 1 aliphatic carbocycles. The molecule has 0 atom stereocenters. The minimum absolute atomic E-state index is 1.06. The fraction of sp³-hybridized carbons (Fsp3) is 0.182. The van der Waals surface area contributed by atoms with Gasteiger partial charge in [0, 0.05) is 0 Å². The molecule has 108 valence electrons. The van der Waals surface area contributed by atoms with E-state index in [4.69, 9.17) is 0 Å². The van der Waals surface area contributed by atoms with Gasteiger partial charge < -0.3 is 0 Å². The highest BCUT2D eigenvalue weighted by molar-refractivity contribution is 5.90. The summed E-state index contributed by atoms with van der Waals surface area (Å²) >= 11 is 0. The fourth-order valence-electron chi connectivity index (χ4n) is 3.72. The Labute approximate surface area is 132 Å². The van der Waals surface area contributed by atoms with Gasteiger partial charge in [-0.05, 0) is 60.6 Å². The summed E-state index contributed by atoms with van der Waals surface area (Å²) in [7, 11) is 0. The predicted octanol–water partition coefficient (Wildman–Crippen LogP) is 5.85. The minimum atomic E-state index is 1.06. The van der Waals surface area contributed by atoms with Crippen molar-refractivity contribution in [1.82, 2.24) is 0 Å². The van der Waals surface area contributed by atoms with E-state index in [1.807, 2.05) is 0 Å². The summed E-state index contributed by atoms with van der Waals surface area (Å²) in [6.07, 6.45) is 1.06. The summed E-state index contributed by atoms with van der Waals surface area (Å²) in [5.74, 6) is 0. The molecule has 0 fully saturated rings. The number of aryl methyl sites for hydroxylation is 3. The van der Waals surface area contributed by atoms with Crippen LogP contribution < -0.4 is 0 Å². The highest BCUT2D eigenvalue weighted by Gasteiger charge is 2.21. The van der Waals surface area contributed by atoms with Gasteiger partial charge in [-0.15, -0.1) is 0 Å². The van der Waals surface area contributed by atoms with E-state index in [0.717, 1.165) is 6.42 Å². The Bertz CT molecular complexity index is 864. The largest absolute Gasteiger partial charge is 0.0613 e. The quantitative estimate of drug-likeness (QED) is 0.411. The van der Waals surface area contributed by atoms with Crippen molar-refractivity contribution in [2.24, 2.45) is 0 Å². The lowest BCUT2D eigenvalue weighted by Gasteiger charge is -2.12. The molecule has 1 aliphatic rings. The topological polar surface area (TPSA) is 0 Å². The zero-order valence-electron chi connectivity index (χ0n) is 13.4. The third-order valence-electron chi connectivity index (χ3n) is 4.60. The van der Waals surface area contributed by atoms with Crippen molar-refractivity contribution in [3.05, 3.63) is 82.4 Å². The summed E-state index contributed by atoms with van der Waals surface area (Å²) in [6, 6.07) is 20.4. The third kappa shape index (κ3) is 2.07. The second kappa shape index (κ2) is 4.84. The standard InChI is InChI=1S/C22H20/c1-14-7-8-17-13-18-5-4-6-20(22(18)21(17)12-14)19-10-15(2)9-16(3)11-19/h4-12H,13H2,1-3H3. The smallest absolute Gasteiger partial charge is 0.00132 e. The van der Waals surface area contributed by atoms with Crippen molar-refractivity contribution < 1.29 is 0 Å². The van der Waals surface area contributed by atoms with Gasteiger partial charge in [-0.1, -0.05) is 71.3 Å². The molecule has 0 saturated heterocycles. The molecule has 0 nitrogen and oxygen atoms in total. The lowest BCUT2D eigenvalue weighted by molar-refractivity contribution is 1.26. The molecule has 0 unspecified atom stereocenters. The maximum atomic E-state index is 2.34. The van der Waals surface area contributed by atoms with Gasteiger partial charge in [0.1, 0.15) is 0 Å². The second-order valence-corrected chi connectivity index (χ2v) is 6.55. The molecule has 0 N–H and O–H groups in total. The van der Waals surface area contributed by atoms with E-state index in [2.05, 4.69) is 75.4 Å². The van der Waals surface area contributed by atoms with Crippen LogP contribution in [0.2, 0.25) is 0 Å². The summed E-state index contributed by atoms with van der Waals surface area (Å²) in [5, 5.41) is 0. The van der Waals surface area contributed by atoms with Gasteiger partial charge in [-0.2, -0.15) is 0 Å². The number of rotatable bonds is 1. The second-order valence-electron chi connectivity index (χ2n) is 6.55. The number of hydrogen-bond acceptors (Lipinski definition) is 0. The maximum absolute atomic E-state index is 2.34. The number of benzene rings is 3. The first kappa shape index (κ1) is 13.3. The van der Waals surface area contributed by atoms with Gasteiger partial charge >= 0.3 is 0 Å². The summed E-state index contributed by atoms with van der Waals surface area (Å²) in [4.78, 5) is 0. The monoisotopic (exact) mass is 284 g/mol. The Morgan fingerprint density at radius 3 is 2.18 bits per heavy atom. The van der Waals surface area contributed by atoms with Crippen LogP contribution in [0.15, 0.2) is 54.6 Å². The molecule has 0 bridgehead atoms. The van der Waals surface area contributed by atoms with Gasteiger partial charge in [0.15, 0.2) is 0 Å². The average molecular weight is 284 g/mol. The molecule has 0 heteroatoms. The van der Waals surface area contributed by atoms with Crippen molar-refractivity contribution in [3.63, 3.8) is 0 Å². The summed E-state index contributed by atoms with van der Waals surface area (Å²) in [5.41, 5.74) is 12.5. The van der Waals surface area contributed by atoms with Crippen LogP contribution in [0.5, 0.6) is 0 Å². The zero-order chi connectivity index (χ0) is 15.3. The molecule has 3 aromatic rings. The Kier molecular flexibility index (Phi) is 2.94. The first-order valence-electron chi connectivity index (χ1n) is 7.92. The van der Waals surface area contributed by atoms with Crippen LogP contribution in [0.25, 0.3) is 22.3 Å². The average Bonchev–Trinajstić information content (AvgIpc) is 2.84. The molecule has 22 heavy (non-hydrogen) atoms. The third-order valence-corrected chi connectivity index (χ3v) is 4.60. The summed E-state index contributed by atoms with van der Waals surface area (Å²) in [6.45, 7) is 6.53. The van der Waals surface area contributed by atoms with E-state index in [9.17, 15) is 0 Å². The van der Waals surface area contributed by atoms with Crippen molar-refractivity contribution in [2.45, 2.75) is 27.2 Å². The van der Waals surface area contributed by atoms with Crippen molar-refractivity contribution in [2.75, 3.05) is 0 Å². The SMILES string of the molecule is Cc1cc(C)cc(-c2cccc3c2-c2cc(C)ccc2C3)c1. The molecule has 3 aromatic carbocycles. The van der Waals surface area contributed by atoms with Gasteiger partial charge in [0.25, 0.3) is 0 Å². The first-order valence-corrected chi connectivity index (χ1v) is 7.92. The Morgan fingerprint density at radius 2 is 1.41 bits per heavy atom. The van der Waals surface area contributed by atoms with E-state index in [1.54, 1.807) is 0 Å². The molecule has 0 saturated carbocycles. The van der Waals surface area contributed by atoms with Crippen LogP contribution in [0.3, 0.4) is 0 Å². The molecule has 4 rings (SSSR count). The maximum Gasteiger partial charge on any atom is -0.00132 e. The van der Waals surface area contributed by atoms with Gasteiger partial charge in [0.2, 0.25) is 0 Å². The van der Waals surface area contributed by atoms with E-state index < -0.39 is 0 Å². The summed E-state index contributed by atoms with van der Waals surface area (Å²) < 4.78 is 0. The molecular formula is C22H20. The van der Waals surface area contributed by atoms with Gasteiger partial charge in [-0.3, -0.25) is 0 Å². The lowest BCUT2D eigenvalue weighted by Crippen LogP contribution is -1.88. The fourth-order valence-corrected chi connectivity index (χ4v) is 3.72. The number of fused-ring (bicyclic) bond motifs is 3. The van der Waals surface area contributed by atoms with Crippen LogP contribution in [-0.4, -0.2) is 0 Å². The Morgan fingerprint density at radius 1 is 0.636 bits per heavy atom. The van der Waals surface area contributed by atoms with E-state index in [-0.39, 0.29) is 0 Å². The highest BCUT2D eigenvalue weighted by atomic mass is 14.2. The lowest BCUT2D eigenvalue weighted by atomic mass is 9.92. The highest BCUT2D eigenvalue weighted by Crippen LogP contribution is 2.43. The van der Waals surface area contributed by atoms with Gasteiger partial charge in [-0.25, -0.2) is 0 Å². The predicted molar refractivity (Wildman–Crippen MR) is 94.3 cm³/mol. The Balaban J connectivity index is 2.00. The van der Waals surface area contributed by atoms with Crippen molar-refractivity contribution >= 4 is 0 Å². The van der Waals surface area contributed by atoms with Crippen LogP contribution >= 0.6 is 0 Å². The molecule has 0 aliphatic heterocycles. The Hall–Kier alpha value is -2.34. The van der Waals surface area contributed by atoms with Crippen LogP contribution in [0.4, 0.5) is 0 Å². The molecular weight excluding hydrogens is 264 g/mol. The zero-order valence-corrected chi connectivity index (χ0v) is 13.4. The first-order chi connectivity index (χ1) is 10.6. The van der Waals surface area contributed by atoms with E-state index in [1.165, 1.54) is 50.1 Å². The van der Waals surface area contributed by atoms with Crippen molar-refractivity contribution in [3.8, 4) is 22.3 Å². The molecule has 0 aromatic heterocycles. The van der Waals surface area contributed by atoms with Crippen LogP contribution in [-0.2, 0) is 6.42 Å². The van der Waals surface area contributed by atoms with Gasteiger partial charge in [0.05, 0.1) is 0 Å². The van der Waals surface area contributed by atoms with Crippen LogP contribution in [0, 0.1) is 20.8 Å².